The molecule has 1 unspecified atom stereocenters. The number of carbonyl (C=O) groups excluding carboxylic acids is 1. The summed E-state index contributed by atoms with van der Waals surface area (Å²) in [6.07, 6.45) is -3.17. The Morgan fingerprint density at radius 1 is 1.15 bits per heavy atom. The normalized spacial score (nSPS) is 21.6. The van der Waals surface area contributed by atoms with Crippen molar-refractivity contribution < 1.29 is 18.0 Å². The molecule has 4 heterocycles. The van der Waals surface area contributed by atoms with Crippen molar-refractivity contribution in [2.75, 3.05) is 36.0 Å². The van der Waals surface area contributed by atoms with E-state index in [0.29, 0.717) is 36.4 Å². The number of aromatic nitrogens is 4. The van der Waals surface area contributed by atoms with E-state index in [2.05, 4.69) is 15.3 Å². The molecule has 4 rings (SSSR count). The summed E-state index contributed by atoms with van der Waals surface area (Å²) in [6, 6.07) is 2.66. The van der Waals surface area contributed by atoms with Gasteiger partial charge in [0.15, 0.2) is 5.65 Å². The highest BCUT2D eigenvalue weighted by Gasteiger charge is 2.39. The number of halogens is 3. The smallest absolute Gasteiger partial charge is 0.343 e. The van der Waals surface area contributed by atoms with Gasteiger partial charge in [0.1, 0.15) is 11.9 Å². The number of nitrogens with zero attached hydrogens (tertiary/aromatic N) is 6. The number of hydrogen-bond acceptors (Lipinski definition) is 6. The predicted molar refractivity (Wildman–Crippen MR) is 90.1 cm³/mol. The van der Waals surface area contributed by atoms with Crippen LogP contribution >= 0.6 is 11.8 Å². The summed E-state index contributed by atoms with van der Waals surface area (Å²) in [5.74, 6) is 1.04. The minimum atomic E-state index is -4.64. The quantitative estimate of drug-likeness (QED) is 0.783. The lowest BCUT2D eigenvalue weighted by Crippen LogP contribution is -2.48. The van der Waals surface area contributed by atoms with Crippen LogP contribution in [0.15, 0.2) is 12.1 Å². The molecule has 0 aromatic carbocycles. The molecule has 2 fully saturated rings. The van der Waals surface area contributed by atoms with Crippen molar-refractivity contribution in [3.8, 4) is 0 Å². The van der Waals surface area contributed by atoms with E-state index in [1.54, 1.807) is 11.0 Å². The van der Waals surface area contributed by atoms with Crippen LogP contribution < -0.4 is 4.90 Å². The summed E-state index contributed by atoms with van der Waals surface area (Å²) < 4.78 is 39.9. The van der Waals surface area contributed by atoms with Gasteiger partial charge in [-0.1, -0.05) is 0 Å². The number of rotatable bonds is 2. The van der Waals surface area contributed by atoms with Crippen molar-refractivity contribution in [3.63, 3.8) is 0 Å². The molecule has 7 nitrogen and oxygen atoms in total. The van der Waals surface area contributed by atoms with Crippen LogP contribution in [-0.4, -0.2) is 67.8 Å². The zero-order valence-electron chi connectivity index (χ0n) is 13.8. The number of fused-ring (bicyclic) bond motifs is 1. The Hall–Kier alpha value is -2.04. The zero-order chi connectivity index (χ0) is 18.3. The van der Waals surface area contributed by atoms with E-state index in [1.165, 1.54) is 6.07 Å². The van der Waals surface area contributed by atoms with E-state index in [1.807, 2.05) is 16.7 Å². The maximum absolute atomic E-state index is 13.1. The standard InChI is InChI=1S/C15H17F3N6OS/c16-15(17,18)14-20-19-11-3-4-12(21-24(11)14)23-5-1-2-10(23)13(25)22-6-8-26-9-7-22/h3-4,10H,1-2,5-9H2. The molecule has 0 saturated carbocycles. The largest absolute Gasteiger partial charge is 0.453 e. The Morgan fingerprint density at radius 3 is 2.65 bits per heavy atom. The highest BCUT2D eigenvalue weighted by atomic mass is 32.2. The molecular formula is C15H17F3N6OS. The van der Waals surface area contributed by atoms with Gasteiger partial charge in [0.25, 0.3) is 5.82 Å². The van der Waals surface area contributed by atoms with Gasteiger partial charge >= 0.3 is 6.18 Å². The van der Waals surface area contributed by atoms with Gasteiger partial charge in [-0.2, -0.15) is 29.4 Å². The van der Waals surface area contributed by atoms with Gasteiger partial charge in [0, 0.05) is 31.1 Å². The van der Waals surface area contributed by atoms with E-state index in [0.717, 1.165) is 17.9 Å². The van der Waals surface area contributed by atoms with Crippen molar-refractivity contribution in [2.45, 2.75) is 25.1 Å². The van der Waals surface area contributed by atoms with Crippen molar-refractivity contribution in [2.24, 2.45) is 0 Å². The first kappa shape index (κ1) is 17.4. The maximum atomic E-state index is 13.1. The lowest BCUT2D eigenvalue weighted by molar-refractivity contribution is -0.146. The van der Waals surface area contributed by atoms with Crippen molar-refractivity contribution in [3.05, 3.63) is 18.0 Å². The second-order valence-electron chi connectivity index (χ2n) is 6.27. The molecule has 2 aromatic rings. The summed E-state index contributed by atoms with van der Waals surface area (Å²) in [5, 5.41) is 10.8. The second-order valence-corrected chi connectivity index (χ2v) is 7.50. The maximum Gasteiger partial charge on any atom is 0.453 e. The lowest BCUT2D eigenvalue weighted by atomic mass is 10.2. The van der Waals surface area contributed by atoms with Crippen LogP contribution in [0.25, 0.3) is 5.65 Å². The molecule has 2 aliphatic heterocycles. The van der Waals surface area contributed by atoms with Gasteiger partial charge in [-0.15, -0.1) is 15.3 Å². The molecular weight excluding hydrogens is 369 g/mol. The molecule has 0 N–H and O–H groups in total. The second kappa shape index (κ2) is 6.60. The lowest BCUT2D eigenvalue weighted by Gasteiger charge is -2.32. The number of hydrogen-bond donors (Lipinski definition) is 0. The van der Waals surface area contributed by atoms with E-state index < -0.39 is 12.0 Å². The number of alkyl halides is 3. The fraction of sp³-hybridized carbons (Fsp3) is 0.600. The number of anilines is 1. The van der Waals surface area contributed by atoms with Gasteiger partial charge < -0.3 is 9.80 Å². The Balaban J connectivity index is 1.64. The van der Waals surface area contributed by atoms with Crippen LogP contribution in [0.5, 0.6) is 0 Å². The fourth-order valence-corrected chi connectivity index (χ4v) is 4.30. The summed E-state index contributed by atoms with van der Waals surface area (Å²) in [4.78, 5) is 16.5. The van der Waals surface area contributed by atoms with Crippen LogP contribution in [0.4, 0.5) is 19.0 Å². The SMILES string of the molecule is O=C(C1CCCN1c1ccc2nnc(C(F)(F)F)n2n1)N1CCSCC1. The Morgan fingerprint density at radius 2 is 1.92 bits per heavy atom. The van der Waals surface area contributed by atoms with Crippen LogP contribution in [0, 0.1) is 0 Å². The molecule has 1 amide bonds. The van der Waals surface area contributed by atoms with E-state index >= 15 is 0 Å². The van der Waals surface area contributed by atoms with Crippen LogP contribution in [0.2, 0.25) is 0 Å². The Labute approximate surface area is 151 Å². The third-order valence-electron chi connectivity index (χ3n) is 4.66. The average molecular weight is 386 g/mol. The summed E-state index contributed by atoms with van der Waals surface area (Å²) >= 11 is 1.82. The van der Waals surface area contributed by atoms with Gasteiger partial charge in [-0.3, -0.25) is 4.79 Å². The van der Waals surface area contributed by atoms with Crippen molar-refractivity contribution in [1.82, 2.24) is 24.7 Å². The van der Waals surface area contributed by atoms with Gasteiger partial charge in [0.2, 0.25) is 5.91 Å². The molecule has 140 valence electrons. The summed E-state index contributed by atoms with van der Waals surface area (Å²) in [5.41, 5.74) is 0.0243. The average Bonchev–Trinajstić information content (AvgIpc) is 3.27. The van der Waals surface area contributed by atoms with Crippen LogP contribution in [0.1, 0.15) is 18.7 Å². The highest BCUT2D eigenvalue weighted by molar-refractivity contribution is 7.99. The molecule has 0 aliphatic carbocycles. The molecule has 2 aromatic heterocycles. The van der Waals surface area contributed by atoms with Crippen LogP contribution in [-0.2, 0) is 11.0 Å². The molecule has 2 saturated heterocycles. The first-order valence-electron chi connectivity index (χ1n) is 8.38. The Kier molecular flexibility index (Phi) is 4.41. The van der Waals surface area contributed by atoms with Gasteiger partial charge in [0.05, 0.1) is 0 Å². The fourth-order valence-electron chi connectivity index (χ4n) is 3.40. The molecule has 11 heteroatoms. The zero-order valence-corrected chi connectivity index (χ0v) is 14.6. The van der Waals surface area contributed by atoms with Crippen molar-refractivity contribution >= 4 is 29.1 Å². The first-order valence-corrected chi connectivity index (χ1v) is 9.53. The monoisotopic (exact) mass is 386 g/mol. The molecule has 0 bridgehead atoms. The van der Waals surface area contributed by atoms with Crippen LogP contribution in [0.3, 0.4) is 0 Å². The Bertz CT molecular complexity index is 819. The van der Waals surface area contributed by atoms with E-state index in [-0.39, 0.29) is 17.6 Å². The minimum Gasteiger partial charge on any atom is -0.343 e. The third-order valence-corrected chi connectivity index (χ3v) is 5.60. The minimum absolute atomic E-state index is 0.0243. The van der Waals surface area contributed by atoms with Gasteiger partial charge in [-0.25, -0.2) is 0 Å². The molecule has 2 aliphatic rings. The van der Waals surface area contributed by atoms with E-state index in [9.17, 15) is 18.0 Å². The molecule has 1 atom stereocenters. The summed E-state index contributed by atoms with van der Waals surface area (Å²) in [6.45, 7) is 2.01. The van der Waals surface area contributed by atoms with Gasteiger partial charge in [-0.05, 0) is 25.0 Å². The summed E-state index contributed by atoms with van der Waals surface area (Å²) in [7, 11) is 0. The number of carbonyl (C=O) groups is 1. The first-order chi connectivity index (χ1) is 12.4. The molecule has 0 spiro atoms. The van der Waals surface area contributed by atoms with Crippen molar-refractivity contribution in [1.29, 1.82) is 0 Å². The predicted octanol–water partition coefficient (Wildman–Crippen LogP) is 1.69. The molecule has 26 heavy (non-hydrogen) atoms. The number of thioether (sulfide) groups is 1. The molecule has 0 radical (unpaired) electrons. The third kappa shape index (κ3) is 3.08. The number of amides is 1. The van der Waals surface area contributed by atoms with E-state index in [4.69, 9.17) is 0 Å². The highest BCUT2D eigenvalue weighted by Crippen LogP contribution is 2.30. The topological polar surface area (TPSA) is 66.6 Å².